The molecule has 3 heterocycles. The van der Waals surface area contributed by atoms with Crippen molar-refractivity contribution in [2.45, 2.75) is 0 Å². The number of anilines is 1. The van der Waals surface area contributed by atoms with E-state index in [1.807, 2.05) is 36.4 Å². The summed E-state index contributed by atoms with van der Waals surface area (Å²) in [7, 11) is 2.15. The highest BCUT2D eigenvalue weighted by Gasteiger charge is 2.06. The molecule has 0 saturated carbocycles. The van der Waals surface area contributed by atoms with Crippen LogP contribution in [0.1, 0.15) is 5.56 Å². The van der Waals surface area contributed by atoms with Crippen LogP contribution in [0.5, 0.6) is 0 Å². The number of hydrogen-bond donors (Lipinski definition) is 4. The van der Waals surface area contributed by atoms with E-state index in [2.05, 4.69) is 38.5 Å². The van der Waals surface area contributed by atoms with Gasteiger partial charge in [-0.15, -0.1) is 0 Å². The summed E-state index contributed by atoms with van der Waals surface area (Å²) in [6.45, 7) is 4.74. The van der Waals surface area contributed by atoms with Gasteiger partial charge >= 0.3 is 6.09 Å². The topological polar surface area (TPSA) is 116 Å². The molecule has 2 aromatic rings. The molecule has 4 rings (SSSR count). The highest BCUT2D eigenvalue weighted by atomic mass is 16.4. The molecule has 5 N–H and O–H groups in total. The zero-order valence-corrected chi connectivity index (χ0v) is 14.7. The van der Waals surface area contributed by atoms with Crippen LogP contribution in [0.25, 0.3) is 17.0 Å². The molecular weight excluding hydrogens is 332 g/mol. The van der Waals surface area contributed by atoms with Crippen molar-refractivity contribution in [2.24, 2.45) is 10.8 Å². The number of pyridine rings is 1. The first-order valence-electron chi connectivity index (χ1n) is 8.29. The lowest BCUT2D eigenvalue weighted by Gasteiger charge is -2.21. The SMILES string of the molecule is C1=Cc2ccc3ncccc3c2NN=C1.CN1CCNCC1.NC(=O)O. The molecule has 8 heteroatoms. The number of amides is 1. The number of aromatic nitrogens is 1. The van der Waals surface area contributed by atoms with E-state index in [-0.39, 0.29) is 0 Å². The molecule has 26 heavy (non-hydrogen) atoms. The van der Waals surface area contributed by atoms with E-state index < -0.39 is 6.09 Å². The second-order valence-electron chi connectivity index (χ2n) is 5.74. The summed E-state index contributed by atoms with van der Waals surface area (Å²) >= 11 is 0. The normalized spacial score (nSPS) is 15.4. The quantitative estimate of drug-likeness (QED) is 0.572. The third kappa shape index (κ3) is 6.15. The fourth-order valence-corrected chi connectivity index (χ4v) is 2.50. The molecule has 1 saturated heterocycles. The maximum Gasteiger partial charge on any atom is 0.402 e. The first kappa shape index (κ1) is 19.4. The number of nitrogens with zero attached hydrogens (tertiary/aromatic N) is 3. The summed E-state index contributed by atoms with van der Waals surface area (Å²) in [6, 6.07) is 8.04. The number of nitrogens with two attached hydrogens (primary N) is 1. The Morgan fingerprint density at radius 3 is 2.65 bits per heavy atom. The minimum absolute atomic E-state index is 0.981. The average molecular weight is 356 g/mol. The van der Waals surface area contributed by atoms with Gasteiger partial charge in [0.05, 0.1) is 11.2 Å². The Kier molecular flexibility index (Phi) is 7.53. The van der Waals surface area contributed by atoms with Crippen molar-refractivity contribution in [1.29, 1.82) is 0 Å². The molecule has 1 fully saturated rings. The third-order valence-electron chi connectivity index (χ3n) is 3.77. The van der Waals surface area contributed by atoms with E-state index >= 15 is 0 Å². The van der Waals surface area contributed by atoms with E-state index in [4.69, 9.17) is 9.90 Å². The van der Waals surface area contributed by atoms with Crippen LogP contribution in [0, 0.1) is 0 Å². The molecule has 0 atom stereocenters. The number of fused-ring (bicyclic) bond motifs is 3. The Morgan fingerprint density at radius 2 is 2.00 bits per heavy atom. The van der Waals surface area contributed by atoms with Gasteiger partial charge in [0.25, 0.3) is 0 Å². The molecule has 8 nitrogen and oxygen atoms in total. The number of rotatable bonds is 0. The first-order chi connectivity index (χ1) is 12.6. The maximum atomic E-state index is 8.78. The van der Waals surface area contributed by atoms with Gasteiger partial charge in [-0.25, -0.2) is 4.79 Å². The number of likely N-dealkylation sites (N-methyl/N-ethyl adjacent to an activating group) is 1. The summed E-state index contributed by atoms with van der Waals surface area (Å²) in [5.41, 5.74) is 10.2. The first-order valence-corrected chi connectivity index (χ1v) is 8.29. The molecule has 2 aliphatic rings. The lowest BCUT2D eigenvalue weighted by Crippen LogP contribution is -2.40. The number of primary amides is 1. The number of nitrogens with one attached hydrogen (secondary N) is 2. The minimum Gasteiger partial charge on any atom is -0.465 e. The summed E-state index contributed by atoms with van der Waals surface area (Å²) in [5, 5.41) is 15.6. The van der Waals surface area contributed by atoms with Crippen molar-refractivity contribution in [3.63, 3.8) is 0 Å². The van der Waals surface area contributed by atoms with Crippen LogP contribution in [0.4, 0.5) is 10.5 Å². The van der Waals surface area contributed by atoms with Crippen LogP contribution in [0.2, 0.25) is 0 Å². The minimum atomic E-state index is -1.33. The van der Waals surface area contributed by atoms with Crippen LogP contribution in [-0.4, -0.2) is 60.5 Å². The molecule has 0 spiro atoms. The van der Waals surface area contributed by atoms with Gasteiger partial charge < -0.3 is 21.1 Å². The molecule has 1 aromatic heterocycles. The molecule has 1 amide bonds. The van der Waals surface area contributed by atoms with Crippen LogP contribution in [0.3, 0.4) is 0 Å². The summed E-state index contributed by atoms with van der Waals surface area (Å²) in [4.78, 5) is 15.4. The highest BCUT2D eigenvalue weighted by molar-refractivity contribution is 5.98. The molecule has 0 radical (unpaired) electrons. The van der Waals surface area contributed by atoms with Gasteiger partial charge in [-0.3, -0.25) is 10.4 Å². The van der Waals surface area contributed by atoms with Crippen LogP contribution in [-0.2, 0) is 0 Å². The smallest absolute Gasteiger partial charge is 0.402 e. The number of hydrazone groups is 1. The molecule has 0 aliphatic carbocycles. The van der Waals surface area contributed by atoms with Crippen molar-refractivity contribution in [2.75, 3.05) is 38.7 Å². The molecular formula is C18H24N6O2. The standard InChI is InChI=1S/C12H9N3.C5H12N2.CH3NO2/c1-3-9-5-6-11-10(4-2-7-13-11)12(9)15-14-8-1;1-7-4-2-6-3-5-7;2-1(3)4/h1-8,15H;6H,2-5H2,1H3;2H2,(H,3,4). The van der Waals surface area contributed by atoms with Gasteiger partial charge in [0.15, 0.2) is 0 Å². The van der Waals surface area contributed by atoms with Crippen molar-refractivity contribution in [3.05, 3.63) is 42.1 Å². The van der Waals surface area contributed by atoms with Gasteiger partial charge in [0, 0.05) is 49.5 Å². The molecule has 138 valence electrons. The molecule has 1 aromatic carbocycles. The van der Waals surface area contributed by atoms with Gasteiger partial charge in [0.2, 0.25) is 0 Å². The number of carboxylic acid groups (broad SMARTS) is 1. The Morgan fingerprint density at radius 1 is 1.27 bits per heavy atom. The number of hydrogen-bond acceptors (Lipinski definition) is 6. The van der Waals surface area contributed by atoms with Crippen LogP contribution < -0.4 is 16.5 Å². The maximum absolute atomic E-state index is 8.78. The zero-order chi connectivity index (χ0) is 18.8. The predicted octanol–water partition coefficient (Wildman–Crippen LogP) is 1.80. The van der Waals surface area contributed by atoms with Gasteiger partial charge in [-0.05, 0) is 31.3 Å². The number of carbonyl (C=O) groups is 1. The largest absolute Gasteiger partial charge is 0.465 e. The Labute approximate surface area is 152 Å². The van der Waals surface area contributed by atoms with E-state index in [0.29, 0.717) is 0 Å². The second kappa shape index (κ2) is 10.1. The van der Waals surface area contributed by atoms with E-state index in [1.165, 1.54) is 13.1 Å². The van der Waals surface area contributed by atoms with Gasteiger partial charge in [-0.1, -0.05) is 12.1 Å². The summed E-state index contributed by atoms with van der Waals surface area (Å²) < 4.78 is 0. The number of benzene rings is 1. The van der Waals surface area contributed by atoms with Crippen LogP contribution >= 0.6 is 0 Å². The number of allylic oxidation sites excluding steroid dienone is 1. The summed E-state index contributed by atoms with van der Waals surface area (Å²) in [6.07, 6.45) is 6.15. The van der Waals surface area contributed by atoms with Gasteiger partial charge in [-0.2, -0.15) is 5.10 Å². The second-order valence-corrected chi connectivity index (χ2v) is 5.74. The lowest BCUT2D eigenvalue weighted by molar-refractivity contribution is 0.205. The van der Waals surface area contributed by atoms with Crippen molar-refractivity contribution in [1.82, 2.24) is 15.2 Å². The third-order valence-corrected chi connectivity index (χ3v) is 3.77. The van der Waals surface area contributed by atoms with E-state index in [1.54, 1.807) is 12.4 Å². The molecule has 2 aliphatic heterocycles. The van der Waals surface area contributed by atoms with Gasteiger partial charge in [0.1, 0.15) is 0 Å². The average Bonchev–Trinajstić information content (AvgIpc) is 2.88. The fraction of sp³-hybridized carbons (Fsp3) is 0.278. The molecule has 0 unspecified atom stereocenters. The fourth-order valence-electron chi connectivity index (χ4n) is 2.50. The Hall–Kier alpha value is -2.97. The zero-order valence-electron chi connectivity index (χ0n) is 14.7. The van der Waals surface area contributed by atoms with E-state index in [9.17, 15) is 0 Å². The Bertz CT molecular complexity index is 780. The predicted molar refractivity (Wildman–Crippen MR) is 105 cm³/mol. The number of piperazine rings is 1. The van der Waals surface area contributed by atoms with E-state index in [0.717, 1.165) is 35.2 Å². The molecule has 0 bridgehead atoms. The van der Waals surface area contributed by atoms with Crippen molar-refractivity contribution >= 4 is 35.0 Å². The lowest BCUT2D eigenvalue weighted by atomic mass is 10.1. The summed E-state index contributed by atoms with van der Waals surface area (Å²) in [5.74, 6) is 0. The van der Waals surface area contributed by atoms with Crippen LogP contribution in [0.15, 0.2) is 41.6 Å². The monoisotopic (exact) mass is 356 g/mol. The Balaban J connectivity index is 0.000000185. The van der Waals surface area contributed by atoms with Crippen molar-refractivity contribution in [3.8, 4) is 0 Å². The highest BCUT2D eigenvalue weighted by Crippen LogP contribution is 2.27. The van der Waals surface area contributed by atoms with Crippen molar-refractivity contribution < 1.29 is 9.90 Å².